The first-order valence-electron chi connectivity index (χ1n) is 10.0. The maximum absolute atomic E-state index is 13.7. The van der Waals surface area contributed by atoms with E-state index in [-0.39, 0.29) is 17.7 Å². The lowest BCUT2D eigenvalue weighted by Gasteiger charge is -2.34. The van der Waals surface area contributed by atoms with E-state index < -0.39 is 11.6 Å². The molecule has 0 fully saturated rings. The minimum absolute atomic E-state index is 0.155. The molecule has 1 unspecified atom stereocenters. The molecule has 0 bridgehead atoms. The molecule has 1 atom stereocenters. The molecule has 0 aromatic heterocycles. The monoisotopic (exact) mass is 394 g/mol. The molecule has 0 aliphatic carbocycles. The summed E-state index contributed by atoms with van der Waals surface area (Å²) in [4.78, 5) is 28.8. The number of benzene rings is 2. The van der Waals surface area contributed by atoms with Crippen molar-refractivity contribution in [1.29, 1.82) is 0 Å². The Morgan fingerprint density at radius 2 is 1.79 bits per heavy atom. The molecule has 5 nitrogen and oxygen atoms in total. The first-order valence-corrected chi connectivity index (χ1v) is 10.0. The summed E-state index contributed by atoms with van der Waals surface area (Å²) in [5.41, 5.74) is 2.72. The lowest BCUT2D eigenvalue weighted by Crippen LogP contribution is -2.49. The third kappa shape index (κ3) is 4.29. The number of hydrogen-bond donors (Lipinski definition) is 1. The van der Waals surface area contributed by atoms with Gasteiger partial charge in [0.1, 0.15) is 11.8 Å². The normalized spacial score (nSPS) is 16.2. The summed E-state index contributed by atoms with van der Waals surface area (Å²) in [5.74, 6) is 0.511. The van der Waals surface area contributed by atoms with Crippen molar-refractivity contribution in [3.05, 3.63) is 53.6 Å². The van der Waals surface area contributed by atoms with Crippen molar-refractivity contribution < 1.29 is 14.3 Å². The summed E-state index contributed by atoms with van der Waals surface area (Å²) in [7, 11) is 1.59. The van der Waals surface area contributed by atoms with Gasteiger partial charge in [0.25, 0.3) is 5.91 Å². The SMILES string of the molecule is COc1ccc2c(c1)C(=O)N(CC(C)C)C(C(=O)NC(C)(C)C)c1ccccc1-2. The highest BCUT2D eigenvalue weighted by atomic mass is 16.5. The molecule has 0 saturated carbocycles. The third-order valence-corrected chi connectivity index (χ3v) is 4.88. The van der Waals surface area contributed by atoms with E-state index in [1.807, 2.05) is 57.2 Å². The molecule has 154 valence electrons. The van der Waals surface area contributed by atoms with Crippen LogP contribution in [0.25, 0.3) is 11.1 Å². The number of nitrogens with one attached hydrogen (secondary N) is 1. The molecule has 1 aliphatic rings. The van der Waals surface area contributed by atoms with Gasteiger partial charge < -0.3 is 15.0 Å². The van der Waals surface area contributed by atoms with Gasteiger partial charge in [0.2, 0.25) is 5.91 Å². The lowest BCUT2D eigenvalue weighted by atomic mass is 9.93. The second-order valence-electron chi connectivity index (χ2n) is 8.99. The standard InChI is InChI=1S/C24H30N2O3/c1-15(2)14-26-21(22(27)25-24(3,4)5)19-10-8-7-9-17(19)18-12-11-16(29-6)13-20(18)23(26)28/h7-13,15,21H,14H2,1-6H3,(H,25,27). The van der Waals surface area contributed by atoms with Gasteiger partial charge in [-0.3, -0.25) is 9.59 Å². The number of hydrogen-bond acceptors (Lipinski definition) is 3. The van der Waals surface area contributed by atoms with Gasteiger partial charge in [-0.1, -0.05) is 38.1 Å². The van der Waals surface area contributed by atoms with E-state index >= 15 is 0 Å². The predicted molar refractivity (Wildman–Crippen MR) is 115 cm³/mol. The molecule has 0 spiro atoms. The van der Waals surface area contributed by atoms with E-state index in [1.165, 1.54) is 0 Å². The average Bonchev–Trinajstić information content (AvgIpc) is 2.74. The minimum atomic E-state index is -0.696. The van der Waals surface area contributed by atoms with Crippen LogP contribution < -0.4 is 10.1 Å². The van der Waals surface area contributed by atoms with Crippen molar-refractivity contribution in [3.63, 3.8) is 0 Å². The fourth-order valence-corrected chi connectivity index (χ4v) is 3.79. The van der Waals surface area contributed by atoms with Crippen LogP contribution in [0.3, 0.4) is 0 Å². The van der Waals surface area contributed by atoms with Crippen LogP contribution in [0.15, 0.2) is 42.5 Å². The summed E-state index contributed by atoms with van der Waals surface area (Å²) in [6.07, 6.45) is 0. The second kappa shape index (κ2) is 7.90. The number of rotatable bonds is 4. The van der Waals surface area contributed by atoms with Gasteiger partial charge in [-0.25, -0.2) is 0 Å². The van der Waals surface area contributed by atoms with Crippen molar-refractivity contribution in [2.75, 3.05) is 13.7 Å². The first kappa shape index (κ1) is 20.9. The van der Waals surface area contributed by atoms with Crippen LogP contribution in [0.2, 0.25) is 0 Å². The van der Waals surface area contributed by atoms with E-state index in [4.69, 9.17) is 4.74 Å². The van der Waals surface area contributed by atoms with Crippen LogP contribution in [0.1, 0.15) is 56.6 Å². The van der Waals surface area contributed by atoms with Crippen molar-refractivity contribution in [2.24, 2.45) is 5.92 Å². The quantitative estimate of drug-likeness (QED) is 0.835. The van der Waals surface area contributed by atoms with E-state index in [2.05, 4.69) is 19.2 Å². The molecule has 3 rings (SSSR count). The van der Waals surface area contributed by atoms with Gasteiger partial charge in [-0.15, -0.1) is 0 Å². The van der Waals surface area contributed by atoms with Gasteiger partial charge in [0.15, 0.2) is 0 Å². The number of methoxy groups -OCH3 is 1. The van der Waals surface area contributed by atoms with Crippen LogP contribution in [0.4, 0.5) is 0 Å². The number of amides is 2. The zero-order valence-corrected chi connectivity index (χ0v) is 18.1. The van der Waals surface area contributed by atoms with Gasteiger partial charge in [0, 0.05) is 12.1 Å². The molecule has 1 N–H and O–H groups in total. The Hall–Kier alpha value is -2.82. The molecule has 29 heavy (non-hydrogen) atoms. The summed E-state index contributed by atoms with van der Waals surface area (Å²) in [6, 6.07) is 12.6. The number of carbonyl (C=O) groups is 2. The summed E-state index contributed by atoms with van der Waals surface area (Å²) in [6.45, 7) is 10.4. The van der Waals surface area contributed by atoms with E-state index in [0.29, 0.717) is 17.9 Å². The summed E-state index contributed by atoms with van der Waals surface area (Å²) >= 11 is 0. The summed E-state index contributed by atoms with van der Waals surface area (Å²) in [5, 5.41) is 3.07. The van der Waals surface area contributed by atoms with Crippen molar-refractivity contribution in [3.8, 4) is 16.9 Å². The molecule has 2 aromatic rings. The zero-order valence-electron chi connectivity index (χ0n) is 18.1. The third-order valence-electron chi connectivity index (χ3n) is 4.88. The molecule has 2 amide bonds. The van der Waals surface area contributed by atoms with Crippen LogP contribution in [0.5, 0.6) is 5.75 Å². The van der Waals surface area contributed by atoms with E-state index in [9.17, 15) is 9.59 Å². The predicted octanol–water partition coefficient (Wildman–Crippen LogP) is 4.43. The largest absolute Gasteiger partial charge is 0.497 e. The van der Waals surface area contributed by atoms with Crippen molar-refractivity contribution in [2.45, 2.75) is 46.2 Å². The Kier molecular flexibility index (Phi) is 5.69. The van der Waals surface area contributed by atoms with Crippen molar-refractivity contribution >= 4 is 11.8 Å². The number of nitrogens with zero attached hydrogens (tertiary/aromatic N) is 1. The maximum Gasteiger partial charge on any atom is 0.255 e. The Balaban J connectivity index is 2.25. The zero-order chi connectivity index (χ0) is 21.3. The first-order chi connectivity index (χ1) is 13.6. The van der Waals surface area contributed by atoms with E-state index in [0.717, 1.165) is 16.7 Å². The number of fused-ring (bicyclic) bond motifs is 3. The molecule has 1 heterocycles. The topological polar surface area (TPSA) is 58.6 Å². The smallest absolute Gasteiger partial charge is 0.255 e. The number of ether oxygens (including phenoxy) is 1. The second-order valence-corrected chi connectivity index (χ2v) is 8.99. The highest BCUT2D eigenvalue weighted by Gasteiger charge is 2.39. The molecular formula is C24H30N2O3. The Morgan fingerprint density at radius 3 is 2.41 bits per heavy atom. The summed E-state index contributed by atoms with van der Waals surface area (Å²) < 4.78 is 5.36. The Labute approximate surface area is 173 Å². The van der Waals surface area contributed by atoms with Gasteiger partial charge >= 0.3 is 0 Å². The molecule has 5 heteroatoms. The molecule has 0 saturated heterocycles. The lowest BCUT2D eigenvalue weighted by molar-refractivity contribution is -0.127. The Morgan fingerprint density at radius 1 is 1.10 bits per heavy atom. The minimum Gasteiger partial charge on any atom is -0.497 e. The highest BCUT2D eigenvalue weighted by Crippen LogP contribution is 2.40. The fourth-order valence-electron chi connectivity index (χ4n) is 3.79. The molecule has 0 radical (unpaired) electrons. The average molecular weight is 395 g/mol. The van der Waals surface area contributed by atoms with Crippen LogP contribution in [-0.4, -0.2) is 35.9 Å². The van der Waals surface area contributed by atoms with Crippen LogP contribution in [-0.2, 0) is 4.79 Å². The highest BCUT2D eigenvalue weighted by molar-refractivity contribution is 6.06. The van der Waals surface area contributed by atoms with Gasteiger partial charge in [-0.05, 0) is 61.6 Å². The number of carbonyl (C=O) groups excluding carboxylic acids is 2. The van der Waals surface area contributed by atoms with E-state index in [1.54, 1.807) is 18.1 Å². The maximum atomic E-state index is 13.7. The van der Waals surface area contributed by atoms with Gasteiger partial charge in [-0.2, -0.15) is 0 Å². The van der Waals surface area contributed by atoms with Crippen LogP contribution >= 0.6 is 0 Å². The molecular weight excluding hydrogens is 364 g/mol. The fraction of sp³-hybridized carbons (Fsp3) is 0.417. The van der Waals surface area contributed by atoms with Crippen LogP contribution in [0, 0.1) is 5.92 Å². The van der Waals surface area contributed by atoms with Crippen molar-refractivity contribution in [1.82, 2.24) is 10.2 Å². The molecule has 2 aromatic carbocycles. The molecule has 1 aliphatic heterocycles. The van der Waals surface area contributed by atoms with Gasteiger partial charge in [0.05, 0.1) is 12.7 Å². The Bertz CT molecular complexity index is 928.